The fourth-order valence-electron chi connectivity index (χ4n) is 2.20. The van der Waals surface area contributed by atoms with Gasteiger partial charge in [0.1, 0.15) is 10.8 Å². The Kier molecular flexibility index (Phi) is 3.39. The minimum absolute atomic E-state index is 0.00317. The van der Waals surface area contributed by atoms with E-state index >= 15 is 0 Å². The molecule has 1 fully saturated rings. The lowest BCUT2D eigenvalue weighted by molar-refractivity contribution is -0.117. The lowest BCUT2D eigenvalue weighted by Crippen LogP contribution is -2.27. The van der Waals surface area contributed by atoms with Crippen LogP contribution in [0.2, 0.25) is 5.15 Å². The van der Waals surface area contributed by atoms with Crippen molar-refractivity contribution in [1.82, 2.24) is 15.0 Å². The van der Waals surface area contributed by atoms with Gasteiger partial charge in [0.2, 0.25) is 11.9 Å². The lowest BCUT2D eigenvalue weighted by atomic mass is 10.4. The van der Waals surface area contributed by atoms with E-state index in [9.17, 15) is 9.59 Å². The molecular formula is C12H11ClN4O2S. The highest BCUT2D eigenvalue weighted by Gasteiger charge is 2.33. The van der Waals surface area contributed by atoms with Gasteiger partial charge >= 0.3 is 0 Å². The molecule has 1 aliphatic heterocycles. The SMILES string of the molecule is CC(=O)SC1CC(=O)N(c2nc(Cl)c3cc[nH]c3n2)C1. The Balaban J connectivity index is 1.91. The summed E-state index contributed by atoms with van der Waals surface area (Å²) >= 11 is 7.26. The number of rotatable bonds is 2. The zero-order chi connectivity index (χ0) is 14.3. The van der Waals surface area contributed by atoms with Crippen molar-refractivity contribution in [3.63, 3.8) is 0 Å². The third-order valence-corrected chi connectivity index (χ3v) is 4.29. The van der Waals surface area contributed by atoms with Gasteiger partial charge in [-0.1, -0.05) is 23.4 Å². The molecule has 0 aliphatic carbocycles. The fraction of sp³-hybridized carbons (Fsp3) is 0.333. The second-order valence-electron chi connectivity index (χ2n) is 4.49. The summed E-state index contributed by atoms with van der Waals surface area (Å²) in [5.41, 5.74) is 0.593. The van der Waals surface area contributed by atoms with Gasteiger partial charge in [-0.15, -0.1) is 0 Å². The Morgan fingerprint density at radius 1 is 1.55 bits per heavy atom. The highest BCUT2D eigenvalue weighted by Crippen LogP contribution is 2.29. The van der Waals surface area contributed by atoms with Crippen LogP contribution in [0.4, 0.5) is 5.95 Å². The molecule has 1 N–H and O–H groups in total. The van der Waals surface area contributed by atoms with Crippen LogP contribution in [0.3, 0.4) is 0 Å². The Hall–Kier alpha value is -1.60. The molecule has 1 unspecified atom stereocenters. The van der Waals surface area contributed by atoms with Crippen LogP contribution in [0, 0.1) is 0 Å². The van der Waals surface area contributed by atoms with Crippen molar-refractivity contribution in [3.8, 4) is 0 Å². The van der Waals surface area contributed by atoms with Crippen molar-refractivity contribution in [3.05, 3.63) is 17.4 Å². The lowest BCUT2D eigenvalue weighted by Gasteiger charge is -2.14. The summed E-state index contributed by atoms with van der Waals surface area (Å²) < 4.78 is 0. The number of amides is 1. The van der Waals surface area contributed by atoms with Gasteiger partial charge in [-0.25, -0.2) is 0 Å². The molecule has 104 valence electrons. The average molecular weight is 311 g/mol. The number of anilines is 1. The van der Waals surface area contributed by atoms with E-state index in [2.05, 4.69) is 15.0 Å². The molecule has 3 rings (SSSR count). The van der Waals surface area contributed by atoms with E-state index in [1.807, 2.05) is 0 Å². The molecular weight excluding hydrogens is 300 g/mol. The topological polar surface area (TPSA) is 79.0 Å². The molecule has 6 nitrogen and oxygen atoms in total. The van der Waals surface area contributed by atoms with Crippen molar-refractivity contribution in [1.29, 1.82) is 0 Å². The summed E-state index contributed by atoms with van der Waals surface area (Å²) in [6, 6.07) is 1.78. The number of aromatic nitrogens is 3. The largest absolute Gasteiger partial charge is 0.346 e. The molecule has 1 saturated heterocycles. The number of carbonyl (C=O) groups excluding carboxylic acids is 2. The van der Waals surface area contributed by atoms with Gasteiger partial charge in [0.15, 0.2) is 5.12 Å². The zero-order valence-electron chi connectivity index (χ0n) is 10.6. The fourth-order valence-corrected chi connectivity index (χ4v) is 3.34. The quantitative estimate of drug-likeness (QED) is 0.858. The second kappa shape index (κ2) is 5.06. The van der Waals surface area contributed by atoms with E-state index in [0.29, 0.717) is 23.8 Å². The Bertz CT molecular complexity index is 702. The van der Waals surface area contributed by atoms with Crippen LogP contribution in [0.5, 0.6) is 0 Å². The molecule has 8 heteroatoms. The highest BCUT2D eigenvalue weighted by atomic mass is 35.5. The molecule has 20 heavy (non-hydrogen) atoms. The number of hydrogen-bond donors (Lipinski definition) is 1. The van der Waals surface area contributed by atoms with Gasteiger partial charge < -0.3 is 4.98 Å². The van der Waals surface area contributed by atoms with E-state index in [-0.39, 0.29) is 22.2 Å². The van der Waals surface area contributed by atoms with E-state index in [4.69, 9.17) is 11.6 Å². The van der Waals surface area contributed by atoms with Gasteiger partial charge in [-0.05, 0) is 6.07 Å². The number of halogens is 1. The molecule has 2 aromatic heterocycles. The molecule has 0 bridgehead atoms. The van der Waals surface area contributed by atoms with Crippen molar-refractivity contribution in [2.45, 2.75) is 18.6 Å². The molecule has 1 aliphatic rings. The van der Waals surface area contributed by atoms with Crippen LogP contribution < -0.4 is 4.90 Å². The molecule has 3 heterocycles. The molecule has 1 amide bonds. The normalized spacial score (nSPS) is 19.0. The summed E-state index contributed by atoms with van der Waals surface area (Å²) in [6.07, 6.45) is 2.03. The smallest absolute Gasteiger partial charge is 0.235 e. The highest BCUT2D eigenvalue weighted by molar-refractivity contribution is 8.14. The number of nitrogens with one attached hydrogen (secondary N) is 1. The van der Waals surface area contributed by atoms with Crippen LogP contribution in [0.1, 0.15) is 13.3 Å². The minimum atomic E-state index is -0.0919. The second-order valence-corrected chi connectivity index (χ2v) is 6.33. The molecule has 2 aromatic rings. The number of thioether (sulfide) groups is 1. The number of carbonyl (C=O) groups is 2. The van der Waals surface area contributed by atoms with Crippen LogP contribution in [0.25, 0.3) is 11.0 Å². The number of aromatic amines is 1. The minimum Gasteiger partial charge on any atom is -0.346 e. The number of fused-ring (bicyclic) bond motifs is 1. The third-order valence-electron chi connectivity index (χ3n) is 3.02. The van der Waals surface area contributed by atoms with E-state index in [1.54, 1.807) is 12.3 Å². The van der Waals surface area contributed by atoms with Crippen LogP contribution in [-0.2, 0) is 9.59 Å². The summed E-state index contributed by atoms with van der Waals surface area (Å²) in [6.45, 7) is 1.92. The molecule has 0 spiro atoms. The first kappa shape index (κ1) is 13.4. The van der Waals surface area contributed by atoms with Crippen LogP contribution in [0.15, 0.2) is 12.3 Å². The van der Waals surface area contributed by atoms with Gasteiger partial charge in [0, 0.05) is 31.3 Å². The van der Waals surface area contributed by atoms with Crippen LogP contribution >= 0.6 is 23.4 Å². The van der Waals surface area contributed by atoms with Gasteiger partial charge in [0.05, 0.1) is 5.39 Å². The van der Waals surface area contributed by atoms with E-state index in [1.165, 1.54) is 23.6 Å². The molecule has 0 radical (unpaired) electrons. The number of hydrogen-bond acceptors (Lipinski definition) is 5. The van der Waals surface area contributed by atoms with E-state index < -0.39 is 0 Å². The maximum atomic E-state index is 12.0. The molecule has 1 atom stereocenters. The van der Waals surface area contributed by atoms with Gasteiger partial charge in [-0.2, -0.15) is 9.97 Å². The molecule has 0 saturated carbocycles. The summed E-state index contributed by atoms with van der Waals surface area (Å²) in [4.78, 5) is 36.0. The van der Waals surface area contributed by atoms with Gasteiger partial charge in [-0.3, -0.25) is 14.5 Å². The standard InChI is InChI=1S/C12H11ClN4O2S/c1-6(18)20-7-4-9(19)17(5-7)12-15-10(13)8-2-3-14-11(8)16-12/h2-3,7H,4-5H2,1H3,(H,14,15,16). The van der Waals surface area contributed by atoms with Crippen molar-refractivity contribution in [2.75, 3.05) is 11.4 Å². The maximum absolute atomic E-state index is 12.0. The summed E-state index contributed by atoms with van der Waals surface area (Å²) in [5, 5.41) is 0.976. The first-order valence-corrected chi connectivity index (χ1v) is 7.28. The van der Waals surface area contributed by atoms with Gasteiger partial charge in [0.25, 0.3) is 0 Å². The predicted octanol–water partition coefficient (Wildman–Crippen LogP) is 2.00. The number of nitrogens with zero attached hydrogens (tertiary/aromatic N) is 3. The average Bonchev–Trinajstić information content (AvgIpc) is 2.95. The predicted molar refractivity (Wildman–Crippen MR) is 77.9 cm³/mol. The summed E-state index contributed by atoms with van der Waals surface area (Å²) in [7, 11) is 0. The Labute approximate surface area is 123 Å². The van der Waals surface area contributed by atoms with Crippen LogP contribution in [-0.4, -0.2) is 37.8 Å². The maximum Gasteiger partial charge on any atom is 0.235 e. The first-order valence-electron chi connectivity index (χ1n) is 6.03. The third kappa shape index (κ3) is 2.38. The van der Waals surface area contributed by atoms with E-state index in [0.717, 1.165) is 5.39 Å². The number of H-pyrrole nitrogens is 1. The van der Waals surface area contributed by atoms with Crippen molar-refractivity contribution >= 4 is 51.4 Å². The van der Waals surface area contributed by atoms with Crippen molar-refractivity contribution < 1.29 is 9.59 Å². The first-order chi connectivity index (χ1) is 9.54. The summed E-state index contributed by atoms with van der Waals surface area (Å²) in [5.74, 6) is 0.187. The Morgan fingerprint density at radius 2 is 2.35 bits per heavy atom. The molecule has 0 aromatic carbocycles. The van der Waals surface area contributed by atoms with Crippen molar-refractivity contribution in [2.24, 2.45) is 0 Å². The monoisotopic (exact) mass is 310 g/mol. The zero-order valence-corrected chi connectivity index (χ0v) is 12.2. The Morgan fingerprint density at radius 3 is 3.10 bits per heavy atom.